The van der Waals surface area contributed by atoms with E-state index in [1.54, 1.807) is 30.5 Å². The molecule has 0 aliphatic carbocycles. The Morgan fingerprint density at radius 1 is 0.595 bits per heavy atom. The van der Waals surface area contributed by atoms with Crippen LogP contribution in [0.15, 0.2) is 30.5 Å². The molecule has 0 radical (unpaired) electrons. The SMILES string of the molecule is CC(=O)N[C@@H](CS)C(=O)N[C@H](C(=O)N[C@@H](C)C(=O)N[C@@H](CCC(=O)O)C(=O)NCC(=O)N[C@@H](CC(N)=O)C(=O)N[C@@H](CCCCN)C(=O)N[C@@H](Cc1c[nH]c2ccccc12)C(=O)N[C@H](C(=O)N[C@@H](CS)C(N)=O)[C@@H](C)O)[C@@H](C)O. The molecule has 0 bridgehead atoms. The van der Waals surface area contributed by atoms with Gasteiger partial charge in [0, 0.05) is 48.4 Å². The first-order chi connectivity index (χ1) is 37.1. The maximum absolute atomic E-state index is 14.2. The summed E-state index contributed by atoms with van der Waals surface area (Å²) in [6.07, 6.45) is -3.39. The summed E-state index contributed by atoms with van der Waals surface area (Å²) in [6, 6.07) is -6.85. The molecule has 0 saturated carbocycles. The second-order valence-corrected chi connectivity index (χ2v) is 19.0. The van der Waals surface area contributed by atoms with Gasteiger partial charge in [-0.3, -0.25) is 62.3 Å². The maximum atomic E-state index is 14.2. The molecule has 0 saturated heterocycles. The van der Waals surface area contributed by atoms with E-state index in [9.17, 15) is 77.6 Å². The second-order valence-electron chi connectivity index (χ2n) is 18.2. The van der Waals surface area contributed by atoms with Gasteiger partial charge in [-0.2, -0.15) is 25.3 Å². The van der Waals surface area contributed by atoms with E-state index in [2.05, 4.69) is 83.4 Å². The van der Waals surface area contributed by atoms with Crippen LogP contribution in [0, 0.1) is 0 Å². The van der Waals surface area contributed by atoms with Crippen LogP contribution in [0.5, 0.6) is 0 Å². The molecule has 30 nitrogen and oxygen atoms in total. The third kappa shape index (κ3) is 23.1. The number of fused-ring (bicyclic) bond motifs is 1. The van der Waals surface area contributed by atoms with Gasteiger partial charge in [-0.05, 0) is 64.6 Å². The van der Waals surface area contributed by atoms with Gasteiger partial charge in [-0.25, -0.2) is 0 Å². The fourth-order valence-corrected chi connectivity index (χ4v) is 7.94. The third-order valence-corrected chi connectivity index (χ3v) is 12.4. The first-order valence-electron chi connectivity index (χ1n) is 24.7. The Balaban J connectivity index is 2.33. The first-order valence-corrected chi connectivity index (χ1v) is 26.0. The summed E-state index contributed by atoms with van der Waals surface area (Å²) in [5.41, 5.74) is 17.6. The number of thiol groups is 2. The summed E-state index contributed by atoms with van der Waals surface area (Å²) in [6.45, 7) is 3.84. The van der Waals surface area contributed by atoms with Crippen LogP contribution < -0.4 is 70.4 Å². The molecule has 1 aromatic carbocycles. The van der Waals surface area contributed by atoms with E-state index < -0.39 is 169 Å². The number of aliphatic hydroxyl groups is 2. The van der Waals surface area contributed by atoms with Crippen molar-refractivity contribution in [3.8, 4) is 0 Å². The summed E-state index contributed by atoms with van der Waals surface area (Å²) < 4.78 is 0. The summed E-state index contributed by atoms with van der Waals surface area (Å²) in [4.78, 5) is 171. The van der Waals surface area contributed by atoms with E-state index in [0.717, 1.165) is 20.8 Å². The van der Waals surface area contributed by atoms with Crippen molar-refractivity contribution in [2.75, 3.05) is 24.6 Å². The van der Waals surface area contributed by atoms with E-state index in [4.69, 9.17) is 17.2 Å². The number of aliphatic hydroxyl groups excluding tert-OH is 2. The average Bonchev–Trinajstić information content (AvgIpc) is 3.79. The van der Waals surface area contributed by atoms with Gasteiger partial charge in [0.05, 0.1) is 25.2 Å². The number of aromatic amines is 1. The van der Waals surface area contributed by atoms with Gasteiger partial charge in [0.15, 0.2) is 0 Å². The molecular formula is C47H72N14O16S2. The van der Waals surface area contributed by atoms with Crippen molar-refractivity contribution in [2.45, 2.75) is 139 Å². The van der Waals surface area contributed by atoms with Crippen LogP contribution in [0.4, 0.5) is 0 Å². The summed E-state index contributed by atoms with van der Waals surface area (Å²) in [7, 11) is 0. The Kier molecular flexibility index (Phi) is 28.8. The summed E-state index contributed by atoms with van der Waals surface area (Å²) in [5, 5.41) is 54.0. The molecule has 0 unspecified atom stereocenters. The van der Waals surface area contributed by atoms with Gasteiger partial charge in [0.1, 0.15) is 54.4 Å². The number of nitrogens with two attached hydrogens (primary N) is 3. The second kappa shape index (κ2) is 33.7. The van der Waals surface area contributed by atoms with Crippen molar-refractivity contribution in [2.24, 2.45) is 17.2 Å². The number of para-hydroxylation sites is 1. The molecule has 2 rings (SSSR count). The molecule has 1 aromatic heterocycles. The number of amides is 12. The molecule has 12 amide bonds. The minimum Gasteiger partial charge on any atom is -0.481 e. The minimum absolute atomic E-state index is 0.124. The topological polar surface area (TPSA) is 497 Å². The Hall–Kier alpha value is -7.55. The minimum atomic E-state index is -1.81. The maximum Gasteiger partial charge on any atom is 0.303 e. The highest BCUT2D eigenvalue weighted by molar-refractivity contribution is 7.80. The Morgan fingerprint density at radius 3 is 1.66 bits per heavy atom. The van der Waals surface area contributed by atoms with Crippen molar-refractivity contribution in [3.63, 3.8) is 0 Å². The lowest BCUT2D eigenvalue weighted by atomic mass is 10.0. The zero-order valence-corrected chi connectivity index (χ0v) is 45.6. The van der Waals surface area contributed by atoms with Crippen molar-refractivity contribution >= 4 is 113 Å². The molecule has 438 valence electrons. The number of carboxylic acid groups (broad SMARTS) is 1. The zero-order valence-electron chi connectivity index (χ0n) is 43.8. The lowest BCUT2D eigenvalue weighted by Gasteiger charge is -2.28. The molecule has 0 fully saturated rings. The van der Waals surface area contributed by atoms with E-state index in [1.165, 1.54) is 6.92 Å². The predicted octanol–water partition coefficient (Wildman–Crippen LogP) is -6.79. The van der Waals surface area contributed by atoms with Crippen molar-refractivity contribution < 1.29 is 77.6 Å². The van der Waals surface area contributed by atoms with Gasteiger partial charge in [-0.1, -0.05) is 18.2 Å². The molecule has 0 aliphatic rings. The number of aliphatic carboxylic acids is 1. The van der Waals surface area contributed by atoms with Crippen LogP contribution in [0.3, 0.4) is 0 Å². The van der Waals surface area contributed by atoms with Gasteiger partial charge in [-0.15, -0.1) is 0 Å². The molecule has 79 heavy (non-hydrogen) atoms. The largest absolute Gasteiger partial charge is 0.481 e. The Labute approximate surface area is 464 Å². The highest BCUT2D eigenvalue weighted by Crippen LogP contribution is 2.20. The molecule has 20 N–H and O–H groups in total. The molecule has 1 heterocycles. The van der Waals surface area contributed by atoms with Crippen LogP contribution in [0.25, 0.3) is 10.9 Å². The Bertz CT molecular complexity index is 2510. The van der Waals surface area contributed by atoms with E-state index in [0.29, 0.717) is 22.9 Å². The predicted molar refractivity (Wildman–Crippen MR) is 288 cm³/mol. The number of aromatic nitrogens is 1. The van der Waals surface area contributed by atoms with Crippen molar-refractivity contribution in [1.82, 2.24) is 58.2 Å². The number of nitrogens with one attached hydrogen (secondary N) is 11. The van der Waals surface area contributed by atoms with Crippen molar-refractivity contribution in [3.05, 3.63) is 36.0 Å². The molecule has 32 heteroatoms. The lowest BCUT2D eigenvalue weighted by Crippen LogP contribution is -2.61. The highest BCUT2D eigenvalue weighted by Gasteiger charge is 2.36. The van der Waals surface area contributed by atoms with Gasteiger partial charge in [0.2, 0.25) is 70.9 Å². The summed E-state index contributed by atoms with van der Waals surface area (Å²) >= 11 is 8.00. The van der Waals surface area contributed by atoms with E-state index in [-0.39, 0.29) is 37.3 Å². The number of benzene rings is 1. The third-order valence-electron chi connectivity index (χ3n) is 11.7. The van der Waals surface area contributed by atoms with Crippen LogP contribution in [0.2, 0.25) is 0 Å². The van der Waals surface area contributed by atoms with Crippen LogP contribution in [-0.4, -0.2) is 188 Å². The van der Waals surface area contributed by atoms with E-state index >= 15 is 0 Å². The number of hydrogen-bond donors (Lipinski definition) is 19. The molecule has 0 spiro atoms. The average molecular weight is 1150 g/mol. The first kappa shape index (κ1) is 67.6. The van der Waals surface area contributed by atoms with Crippen LogP contribution in [0.1, 0.15) is 71.8 Å². The normalized spacial score (nSPS) is 15.2. The van der Waals surface area contributed by atoms with Crippen LogP contribution in [-0.2, 0) is 68.7 Å². The number of rotatable bonds is 35. The number of carboxylic acids is 1. The van der Waals surface area contributed by atoms with Gasteiger partial charge >= 0.3 is 5.97 Å². The smallest absolute Gasteiger partial charge is 0.303 e. The van der Waals surface area contributed by atoms with Gasteiger partial charge < -0.3 is 90.7 Å². The number of unbranched alkanes of at least 4 members (excludes halogenated alkanes) is 1. The number of primary amides is 2. The molecule has 2 aromatic rings. The highest BCUT2D eigenvalue weighted by atomic mass is 32.1. The fraction of sp³-hybridized carbons (Fsp3) is 0.553. The molecular weight excluding hydrogens is 1080 g/mol. The van der Waals surface area contributed by atoms with Gasteiger partial charge in [0.25, 0.3) is 0 Å². The monoisotopic (exact) mass is 1150 g/mol. The lowest BCUT2D eigenvalue weighted by molar-refractivity contribution is -0.138. The number of carbonyl (C=O) groups excluding carboxylic acids is 12. The summed E-state index contributed by atoms with van der Waals surface area (Å²) in [5.74, 6) is -13.8. The standard InChI is InChI=1S/C47H72N14O16S2/c1-21(53-46(76)37(22(2)62)61-45(75)33(20-79)54-24(4)64)40(70)56-29(12-13-36(67)68)41(71)52-18-35(66)55-31(16-34(49)65)43(73)57-28(11-7-8-14-48)42(72)58-30(15-25-17-51-27-10-6-5-9-26(25)27)44(74)60-38(23(3)63)47(77)59-32(19-78)39(50)69/h5-6,9-10,17,21-23,28-33,37-38,51,62-63,78-79H,7-8,11-16,18-20,48H2,1-4H3,(H2,49,65)(H2,50,69)(H,52,71)(H,53,76)(H,54,64)(H,55,66)(H,56,70)(H,57,73)(H,58,72)(H,59,77)(H,60,74)(H,61,75)(H,67,68)/t21-,22+,23+,28-,29-,30-,31-,32-,33-,37-,38-/m0/s1. The number of H-pyrrole nitrogens is 1. The van der Waals surface area contributed by atoms with Crippen LogP contribution >= 0.6 is 25.3 Å². The quantitative estimate of drug-likeness (QED) is 0.0225. The Morgan fingerprint density at radius 2 is 1.11 bits per heavy atom. The molecule has 0 aliphatic heterocycles. The molecule has 11 atom stereocenters. The van der Waals surface area contributed by atoms with Crippen molar-refractivity contribution in [1.29, 1.82) is 0 Å². The van der Waals surface area contributed by atoms with E-state index in [1.807, 2.05) is 0 Å². The number of hydrogen-bond acceptors (Lipinski definition) is 18. The fourth-order valence-electron chi connectivity index (χ4n) is 7.41. The zero-order chi connectivity index (χ0) is 59.7. The number of carbonyl (C=O) groups is 13.